The van der Waals surface area contributed by atoms with Gasteiger partial charge in [0.2, 0.25) is 5.75 Å². The summed E-state index contributed by atoms with van der Waals surface area (Å²) in [6, 6.07) is 10.0. The number of benzene rings is 2. The standard InChI is InChI=1S/C26H26N2O7S/c1-14-21(25(30)35-6)22(16-7-9-17(31-2)10-8-16)28-24(29)20(36-26(28)27-14)13-15-11-18(32-3)23(34-5)19(12-15)33-4/h7-13,22H,1-6H3/b20-13+. The van der Waals surface area contributed by atoms with Crippen LogP contribution in [0.1, 0.15) is 24.1 Å². The lowest BCUT2D eigenvalue weighted by Crippen LogP contribution is -2.39. The van der Waals surface area contributed by atoms with Crippen molar-refractivity contribution < 1.29 is 28.5 Å². The Labute approximate surface area is 211 Å². The molecule has 1 aromatic heterocycles. The number of fused-ring (bicyclic) bond motifs is 1. The van der Waals surface area contributed by atoms with Crippen molar-refractivity contribution in [3.8, 4) is 23.0 Å². The van der Waals surface area contributed by atoms with Crippen LogP contribution >= 0.6 is 11.3 Å². The van der Waals surface area contributed by atoms with Crippen LogP contribution in [-0.2, 0) is 9.53 Å². The average Bonchev–Trinajstić information content (AvgIpc) is 3.20. The predicted molar refractivity (Wildman–Crippen MR) is 135 cm³/mol. The molecule has 188 valence electrons. The molecule has 1 aliphatic rings. The van der Waals surface area contributed by atoms with Gasteiger partial charge in [-0.05, 0) is 48.4 Å². The molecule has 0 fully saturated rings. The van der Waals surface area contributed by atoms with Crippen LogP contribution in [-0.4, -0.2) is 46.1 Å². The van der Waals surface area contributed by atoms with Crippen molar-refractivity contribution in [2.24, 2.45) is 4.99 Å². The zero-order valence-corrected chi connectivity index (χ0v) is 21.6. The number of carbonyl (C=O) groups is 1. The van der Waals surface area contributed by atoms with E-state index in [4.69, 9.17) is 23.7 Å². The van der Waals surface area contributed by atoms with Crippen LogP contribution in [0.15, 0.2) is 57.5 Å². The van der Waals surface area contributed by atoms with E-state index in [1.165, 1.54) is 44.3 Å². The molecule has 4 rings (SSSR count). The number of esters is 1. The number of allylic oxidation sites excluding steroid dienone is 1. The second-order valence-corrected chi connectivity index (χ2v) is 8.81. The van der Waals surface area contributed by atoms with E-state index in [2.05, 4.69) is 4.99 Å². The topological polar surface area (TPSA) is 97.6 Å². The molecular weight excluding hydrogens is 484 g/mol. The van der Waals surface area contributed by atoms with Gasteiger partial charge in [0.05, 0.1) is 57.4 Å². The van der Waals surface area contributed by atoms with Gasteiger partial charge < -0.3 is 23.7 Å². The van der Waals surface area contributed by atoms with Crippen LogP contribution in [0, 0.1) is 0 Å². The molecule has 0 aliphatic carbocycles. The van der Waals surface area contributed by atoms with Gasteiger partial charge in [-0.15, -0.1) is 0 Å². The zero-order chi connectivity index (χ0) is 26.0. The number of ether oxygens (including phenoxy) is 5. The monoisotopic (exact) mass is 510 g/mol. The summed E-state index contributed by atoms with van der Waals surface area (Å²) in [7, 11) is 7.47. The van der Waals surface area contributed by atoms with Gasteiger partial charge in [0, 0.05) is 0 Å². The molecule has 2 heterocycles. The van der Waals surface area contributed by atoms with Gasteiger partial charge in [-0.25, -0.2) is 9.79 Å². The number of carbonyl (C=O) groups excluding carboxylic acids is 1. The van der Waals surface area contributed by atoms with E-state index in [-0.39, 0.29) is 5.56 Å². The summed E-state index contributed by atoms with van der Waals surface area (Å²) < 4.78 is 28.5. The summed E-state index contributed by atoms with van der Waals surface area (Å²) >= 11 is 1.23. The molecule has 0 saturated heterocycles. The first-order valence-corrected chi connectivity index (χ1v) is 11.7. The molecule has 1 atom stereocenters. The van der Waals surface area contributed by atoms with Crippen molar-refractivity contribution in [2.75, 3.05) is 35.5 Å². The van der Waals surface area contributed by atoms with E-state index in [1.54, 1.807) is 44.4 Å². The van der Waals surface area contributed by atoms with Gasteiger partial charge in [-0.2, -0.15) is 0 Å². The molecule has 0 bridgehead atoms. The maximum absolute atomic E-state index is 13.7. The smallest absolute Gasteiger partial charge is 0.338 e. The lowest BCUT2D eigenvalue weighted by molar-refractivity contribution is -0.136. The Morgan fingerprint density at radius 1 is 0.972 bits per heavy atom. The van der Waals surface area contributed by atoms with Gasteiger partial charge in [0.1, 0.15) is 5.75 Å². The van der Waals surface area contributed by atoms with Crippen LogP contribution in [0.4, 0.5) is 0 Å². The van der Waals surface area contributed by atoms with Gasteiger partial charge in [-0.1, -0.05) is 23.5 Å². The van der Waals surface area contributed by atoms with Gasteiger partial charge in [0.15, 0.2) is 16.3 Å². The third kappa shape index (κ3) is 4.35. The molecule has 3 aromatic rings. The highest BCUT2D eigenvalue weighted by Gasteiger charge is 2.33. The van der Waals surface area contributed by atoms with Crippen LogP contribution in [0.3, 0.4) is 0 Å². The minimum absolute atomic E-state index is 0.290. The number of hydrogen-bond donors (Lipinski definition) is 0. The number of hydrogen-bond acceptors (Lipinski definition) is 9. The van der Waals surface area contributed by atoms with E-state index in [9.17, 15) is 9.59 Å². The highest BCUT2D eigenvalue weighted by atomic mass is 32.1. The number of methoxy groups -OCH3 is 5. The molecule has 0 N–H and O–H groups in total. The molecule has 1 aliphatic heterocycles. The predicted octanol–water partition coefficient (Wildman–Crippen LogP) is 2.44. The first-order chi connectivity index (χ1) is 17.4. The Morgan fingerprint density at radius 3 is 2.14 bits per heavy atom. The minimum atomic E-state index is -0.707. The number of nitrogens with zero attached hydrogens (tertiary/aromatic N) is 2. The van der Waals surface area contributed by atoms with Gasteiger partial charge in [0.25, 0.3) is 5.56 Å². The largest absolute Gasteiger partial charge is 0.497 e. The molecule has 0 spiro atoms. The van der Waals surface area contributed by atoms with E-state index in [0.717, 1.165) is 5.56 Å². The number of aromatic nitrogens is 1. The molecule has 1 unspecified atom stereocenters. The normalized spacial score (nSPS) is 15.2. The third-order valence-corrected chi connectivity index (χ3v) is 6.83. The summed E-state index contributed by atoms with van der Waals surface area (Å²) in [6.07, 6.45) is 1.73. The van der Waals surface area contributed by atoms with Crippen molar-refractivity contribution in [3.63, 3.8) is 0 Å². The summed E-state index contributed by atoms with van der Waals surface area (Å²) in [5, 5.41) is 0. The highest BCUT2D eigenvalue weighted by molar-refractivity contribution is 7.07. The Bertz CT molecular complexity index is 1490. The molecule has 36 heavy (non-hydrogen) atoms. The van der Waals surface area contributed by atoms with Crippen LogP contribution in [0.2, 0.25) is 0 Å². The Kier molecular flexibility index (Phi) is 7.16. The summed E-state index contributed by atoms with van der Waals surface area (Å²) in [4.78, 5) is 31.5. The molecule has 0 saturated carbocycles. The highest BCUT2D eigenvalue weighted by Crippen LogP contribution is 2.38. The zero-order valence-electron chi connectivity index (χ0n) is 20.8. The molecule has 2 aromatic carbocycles. The van der Waals surface area contributed by atoms with E-state index < -0.39 is 12.0 Å². The fourth-order valence-corrected chi connectivity index (χ4v) is 5.18. The van der Waals surface area contributed by atoms with Crippen molar-refractivity contribution in [1.29, 1.82) is 0 Å². The summed E-state index contributed by atoms with van der Waals surface area (Å²) in [5.41, 5.74) is 1.91. The Balaban J connectivity index is 1.94. The van der Waals surface area contributed by atoms with E-state index in [1.807, 2.05) is 12.1 Å². The maximum atomic E-state index is 13.7. The summed E-state index contributed by atoms with van der Waals surface area (Å²) in [6.45, 7) is 1.74. The molecular formula is C26H26N2O7S. The van der Waals surface area contributed by atoms with E-state index >= 15 is 0 Å². The lowest BCUT2D eigenvalue weighted by Gasteiger charge is -2.24. The Hall–Kier alpha value is -4.05. The lowest BCUT2D eigenvalue weighted by atomic mass is 9.96. The van der Waals surface area contributed by atoms with Crippen molar-refractivity contribution >= 4 is 23.4 Å². The van der Waals surface area contributed by atoms with Crippen molar-refractivity contribution in [1.82, 2.24) is 4.57 Å². The number of rotatable bonds is 7. The SMILES string of the molecule is COC(=O)C1=C(C)N=c2s/c(=C/c3cc(OC)c(OC)c(OC)c3)c(=O)n2C1c1ccc(OC)cc1. The summed E-state index contributed by atoms with van der Waals surface area (Å²) in [5.74, 6) is 1.51. The fourth-order valence-electron chi connectivity index (χ4n) is 4.13. The fraction of sp³-hybridized carbons (Fsp3) is 0.269. The van der Waals surface area contributed by atoms with Crippen molar-refractivity contribution in [2.45, 2.75) is 13.0 Å². The third-order valence-electron chi connectivity index (χ3n) is 5.84. The molecule has 10 heteroatoms. The van der Waals surface area contributed by atoms with E-state index in [0.29, 0.717) is 49.2 Å². The van der Waals surface area contributed by atoms with Gasteiger partial charge >= 0.3 is 5.97 Å². The van der Waals surface area contributed by atoms with Crippen LogP contribution < -0.4 is 33.8 Å². The Morgan fingerprint density at radius 2 is 1.61 bits per heavy atom. The molecule has 0 amide bonds. The van der Waals surface area contributed by atoms with Crippen LogP contribution in [0.5, 0.6) is 23.0 Å². The van der Waals surface area contributed by atoms with Crippen molar-refractivity contribution in [3.05, 3.63) is 78.5 Å². The van der Waals surface area contributed by atoms with Gasteiger partial charge in [-0.3, -0.25) is 9.36 Å². The average molecular weight is 511 g/mol. The molecule has 9 nitrogen and oxygen atoms in total. The second-order valence-electron chi connectivity index (χ2n) is 7.81. The quantitative estimate of drug-likeness (QED) is 0.451. The molecule has 0 radical (unpaired) electrons. The van der Waals surface area contributed by atoms with Crippen LogP contribution in [0.25, 0.3) is 6.08 Å². The maximum Gasteiger partial charge on any atom is 0.338 e. The second kappa shape index (κ2) is 10.3. The first kappa shape index (κ1) is 25.1. The minimum Gasteiger partial charge on any atom is -0.497 e. The number of thiazole rings is 1. The first-order valence-electron chi connectivity index (χ1n) is 10.9.